The van der Waals surface area contributed by atoms with Crippen LogP contribution in [0.1, 0.15) is 49.1 Å². The molecule has 0 aliphatic heterocycles. The third-order valence-corrected chi connectivity index (χ3v) is 5.73. The summed E-state index contributed by atoms with van der Waals surface area (Å²) in [6.45, 7) is 4.22. The average Bonchev–Trinajstić information content (AvgIpc) is 3.19. The fraction of sp³-hybridized carbons (Fsp3) is 0.409. The molecule has 28 heavy (non-hydrogen) atoms. The van der Waals surface area contributed by atoms with Gasteiger partial charge in [0.1, 0.15) is 5.75 Å². The van der Waals surface area contributed by atoms with Crippen molar-refractivity contribution in [3.05, 3.63) is 59.4 Å². The number of nitrogens with one attached hydrogen (secondary N) is 1. The molecule has 1 aliphatic rings. The van der Waals surface area contributed by atoms with E-state index in [1.807, 2.05) is 16.8 Å². The number of aryl methyl sites for hydroxylation is 2. The van der Waals surface area contributed by atoms with Crippen LogP contribution < -0.4 is 10.1 Å². The van der Waals surface area contributed by atoms with Crippen molar-refractivity contribution in [2.75, 3.05) is 12.4 Å². The molecule has 0 radical (unpaired) electrons. The summed E-state index contributed by atoms with van der Waals surface area (Å²) in [5, 5.41) is 16.8. The lowest BCUT2D eigenvalue weighted by molar-refractivity contribution is 0.309. The highest BCUT2D eigenvalue weighted by Crippen LogP contribution is 2.40. The van der Waals surface area contributed by atoms with Crippen molar-refractivity contribution in [2.45, 2.75) is 51.5 Å². The molecular formula is C22H27N5O. The summed E-state index contributed by atoms with van der Waals surface area (Å²) in [6.07, 6.45) is 5.57. The third kappa shape index (κ3) is 3.35. The van der Waals surface area contributed by atoms with Crippen molar-refractivity contribution in [2.24, 2.45) is 0 Å². The maximum Gasteiger partial charge on any atom is 0.181 e. The minimum Gasteiger partial charge on any atom is -0.497 e. The van der Waals surface area contributed by atoms with Crippen molar-refractivity contribution in [1.82, 2.24) is 20.2 Å². The number of rotatable bonds is 5. The number of anilines is 1. The van der Waals surface area contributed by atoms with Gasteiger partial charge in [0, 0.05) is 5.69 Å². The summed E-state index contributed by atoms with van der Waals surface area (Å²) < 4.78 is 7.23. The fourth-order valence-electron chi connectivity index (χ4n) is 4.29. The Hall–Kier alpha value is -2.89. The number of tetrazole rings is 1. The quantitative estimate of drug-likeness (QED) is 0.706. The van der Waals surface area contributed by atoms with Gasteiger partial charge in [0.25, 0.3) is 0 Å². The molecule has 1 heterocycles. The summed E-state index contributed by atoms with van der Waals surface area (Å²) >= 11 is 0. The summed E-state index contributed by atoms with van der Waals surface area (Å²) in [6, 6.07) is 14.4. The van der Waals surface area contributed by atoms with Crippen molar-refractivity contribution in [3.8, 4) is 11.4 Å². The topological polar surface area (TPSA) is 64.9 Å². The standard InChI is InChI=1S/C22H27N5O/c1-16-8-7-9-17(2)20(16)27-21(24-25-26-27)22(14-5-4-6-15-22)23-18-10-12-19(28-3)13-11-18/h7-13,23H,4-6,14-15H2,1-3H3. The lowest BCUT2D eigenvalue weighted by atomic mass is 9.80. The lowest BCUT2D eigenvalue weighted by Crippen LogP contribution is -2.40. The zero-order valence-electron chi connectivity index (χ0n) is 16.8. The molecule has 0 atom stereocenters. The number of aromatic nitrogens is 4. The van der Waals surface area contributed by atoms with Crippen molar-refractivity contribution in [1.29, 1.82) is 0 Å². The monoisotopic (exact) mass is 377 g/mol. The van der Waals surface area contributed by atoms with Crippen LogP contribution in [0.3, 0.4) is 0 Å². The summed E-state index contributed by atoms with van der Waals surface area (Å²) in [7, 11) is 1.68. The molecular weight excluding hydrogens is 350 g/mol. The molecule has 3 aromatic rings. The van der Waals surface area contributed by atoms with Gasteiger partial charge in [0.05, 0.1) is 18.3 Å². The van der Waals surface area contributed by atoms with Crippen LogP contribution in [0.2, 0.25) is 0 Å². The van der Waals surface area contributed by atoms with Crippen LogP contribution in [0, 0.1) is 13.8 Å². The minimum absolute atomic E-state index is 0.287. The van der Waals surface area contributed by atoms with Gasteiger partial charge in [-0.2, -0.15) is 4.68 Å². The molecule has 0 unspecified atom stereocenters. The Morgan fingerprint density at radius 2 is 1.64 bits per heavy atom. The Balaban J connectivity index is 1.78. The zero-order valence-corrected chi connectivity index (χ0v) is 16.8. The first-order chi connectivity index (χ1) is 13.6. The molecule has 1 aromatic heterocycles. The molecule has 0 bridgehead atoms. The normalized spacial score (nSPS) is 16.0. The summed E-state index contributed by atoms with van der Waals surface area (Å²) in [5.41, 5.74) is 4.18. The van der Waals surface area contributed by atoms with E-state index in [-0.39, 0.29) is 5.54 Å². The highest BCUT2D eigenvalue weighted by molar-refractivity contribution is 5.51. The number of ether oxygens (including phenoxy) is 1. The second kappa shape index (κ2) is 7.62. The predicted molar refractivity (Wildman–Crippen MR) is 110 cm³/mol. The maximum absolute atomic E-state index is 5.30. The maximum atomic E-state index is 5.30. The summed E-state index contributed by atoms with van der Waals surface area (Å²) in [4.78, 5) is 0. The van der Waals surface area contributed by atoms with Gasteiger partial charge in [-0.15, -0.1) is 5.10 Å². The molecule has 0 spiro atoms. The van der Waals surface area contributed by atoms with Gasteiger partial charge in [0.2, 0.25) is 0 Å². The molecule has 6 heteroatoms. The van der Waals surface area contributed by atoms with E-state index in [1.165, 1.54) is 17.5 Å². The van der Waals surface area contributed by atoms with Crippen LogP contribution in [0.5, 0.6) is 5.75 Å². The number of hydrogen-bond acceptors (Lipinski definition) is 5. The molecule has 1 N–H and O–H groups in total. The van der Waals surface area contributed by atoms with Crippen LogP contribution in [-0.4, -0.2) is 27.3 Å². The molecule has 4 rings (SSSR count). The Morgan fingerprint density at radius 3 is 2.29 bits per heavy atom. The van der Waals surface area contributed by atoms with Crippen molar-refractivity contribution < 1.29 is 4.74 Å². The third-order valence-electron chi connectivity index (χ3n) is 5.73. The van der Waals surface area contributed by atoms with E-state index in [2.05, 4.69) is 65.0 Å². The summed E-state index contributed by atoms with van der Waals surface area (Å²) in [5.74, 6) is 1.74. The second-order valence-electron chi connectivity index (χ2n) is 7.65. The largest absolute Gasteiger partial charge is 0.497 e. The first-order valence-corrected chi connectivity index (χ1v) is 9.91. The van der Waals surface area contributed by atoms with Crippen LogP contribution >= 0.6 is 0 Å². The zero-order chi connectivity index (χ0) is 19.6. The molecule has 1 saturated carbocycles. The van der Waals surface area contributed by atoms with Crippen LogP contribution in [0.15, 0.2) is 42.5 Å². The van der Waals surface area contributed by atoms with E-state index in [0.29, 0.717) is 0 Å². The number of para-hydroxylation sites is 1. The molecule has 2 aromatic carbocycles. The minimum atomic E-state index is -0.287. The van der Waals surface area contributed by atoms with Gasteiger partial charge in [-0.25, -0.2) is 0 Å². The van der Waals surface area contributed by atoms with Crippen molar-refractivity contribution in [3.63, 3.8) is 0 Å². The highest BCUT2D eigenvalue weighted by Gasteiger charge is 2.39. The lowest BCUT2D eigenvalue weighted by Gasteiger charge is -2.38. The Morgan fingerprint density at radius 1 is 0.964 bits per heavy atom. The Labute approximate surface area is 165 Å². The molecule has 0 amide bonds. The van der Waals surface area contributed by atoms with Crippen LogP contribution in [0.25, 0.3) is 5.69 Å². The number of hydrogen-bond donors (Lipinski definition) is 1. The smallest absolute Gasteiger partial charge is 0.181 e. The molecule has 146 valence electrons. The predicted octanol–water partition coefficient (Wildman–Crippen LogP) is 4.56. The first-order valence-electron chi connectivity index (χ1n) is 9.91. The SMILES string of the molecule is COc1ccc(NC2(c3nnnn3-c3c(C)cccc3C)CCCCC2)cc1. The molecule has 6 nitrogen and oxygen atoms in total. The van der Waals surface area contributed by atoms with Gasteiger partial charge in [-0.3, -0.25) is 0 Å². The molecule has 0 saturated heterocycles. The van der Waals surface area contributed by atoms with E-state index in [9.17, 15) is 0 Å². The van der Waals surface area contributed by atoms with E-state index in [4.69, 9.17) is 4.74 Å². The Bertz CT molecular complexity index is 922. The van der Waals surface area contributed by atoms with E-state index in [0.717, 1.165) is 48.6 Å². The van der Waals surface area contributed by atoms with Gasteiger partial charge in [0.15, 0.2) is 5.82 Å². The van der Waals surface area contributed by atoms with E-state index in [1.54, 1.807) is 7.11 Å². The first kappa shape index (κ1) is 18.5. The number of nitrogens with zero attached hydrogens (tertiary/aromatic N) is 4. The van der Waals surface area contributed by atoms with Gasteiger partial charge < -0.3 is 10.1 Å². The van der Waals surface area contributed by atoms with Gasteiger partial charge >= 0.3 is 0 Å². The number of benzene rings is 2. The Kier molecular flexibility index (Phi) is 5.03. The van der Waals surface area contributed by atoms with Gasteiger partial charge in [-0.05, 0) is 72.5 Å². The van der Waals surface area contributed by atoms with E-state index < -0.39 is 0 Å². The molecule has 1 aliphatic carbocycles. The van der Waals surface area contributed by atoms with E-state index >= 15 is 0 Å². The average molecular weight is 377 g/mol. The van der Waals surface area contributed by atoms with Crippen molar-refractivity contribution >= 4 is 5.69 Å². The highest BCUT2D eigenvalue weighted by atomic mass is 16.5. The van der Waals surface area contributed by atoms with Crippen LogP contribution in [-0.2, 0) is 5.54 Å². The number of methoxy groups -OCH3 is 1. The van der Waals surface area contributed by atoms with Gasteiger partial charge in [-0.1, -0.05) is 37.5 Å². The van der Waals surface area contributed by atoms with Crippen LogP contribution in [0.4, 0.5) is 5.69 Å². The second-order valence-corrected chi connectivity index (χ2v) is 7.65. The molecule has 1 fully saturated rings. The fourth-order valence-corrected chi connectivity index (χ4v) is 4.29.